The summed E-state index contributed by atoms with van der Waals surface area (Å²) in [5.41, 5.74) is 2.26. The first-order valence-electron chi connectivity index (χ1n) is 5.62. The van der Waals surface area contributed by atoms with Gasteiger partial charge in [-0.1, -0.05) is 12.2 Å². The summed E-state index contributed by atoms with van der Waals surface area (Å²) in [7, 11) is 0. The molecular formula is C11H14N2O2S. The minimum Gasteiger partial charge on any atom is -0.381 e. The number of aromatic nitrogens is 2. The van der Waals surface area contributed by atoms with Crippen molar-refractivity contribution in [3.05, 3.63) is 21.7 Å². The Balaban J connectivity index is 2.01. The molecule has 0 aromatic carbocycles. The molecule has 1 aromatic rings. The smallest absolute Gasteiger partial charge is 0.135 e. The summed E-state index contributed by atoms with van der Waals surface area (Å²) < 4.78 is 11.5. The van der Waals surface area contributed by atoms with E-state index in [-0.39, 0.29) is 0 Å². The molecule has 4 nitrogen and oxygen atoms in total. The largest absolute Gasteiger partial charge is 0.381 e. The lowest BCUT2D eigenvalue weighted by Gasteiger charge is -2.18. The van der Waals surface area contributed by atoms with Gasteiger partial charge in [0.25, 0.3) is 0 Å². The van der Waals surface area contributed by atoms with Gasteiger partial charge in [-0.3, -0.25) is 0 Å². The number of hydrogen-bond acceptors (Lipinski definition) is 4. The molecule has 3 rings (SSSR count). The van der Waals surface area contributed by atoms with Crippen LogP contribution in [0.2, 0.25) is 0 Å². The third kappa shape index (κ3) is 1.79. The molecule has 2 aliphatic heterocycles. The van der Waals surface area contributed by atoms with Crippen LogP contribution in [0.15, 0.2) is 0 Å². The van der Waals surface area contributed by atoms with Crippen molar-refractivity contribution in [1.82, 2.24) is 9.97 Å². The van der Waals surface area contributed by atoms with Gasteiger partial charge in [0.2, 0.25) is 0 Å². The van der Waals surface area contributed by atoms with Crippen LogP contribution in [0.25, 0.3) is 0 Å². The summed E-state index contributed by atoms with van der Waals surface area (Å²) in [6, 6.07) is 0. The molecule has 0 bridgehead atoms. The predicted molar refractivity (Wildman–Crippen MR) is 61.0 cm³/mol. The molecule has 1 aromatic heterocycles. The third-order valence-corrected chi connectivity index (χ3v) is 3.52. The standard InChI is InChI=1S/C11H14N2O2S/c16-11-8-6-15-4-2-9(8)12-10(13-11)7-1-3-14-5-7/h7H,1-6H2,(H,12,13,16). The number of ether oxygens (including phenoxy) is 2. The summed E-state index contributed by atoms with van der Waals surface area (Å²) in [5.74, 6) is 1.37. The van der Waals surface area contributed by atoms with E-state index in [0.29, 0.717) is 17.2 Å². The lowest BCUT2D eigenvalue weighted by atomic mass is 10.1. The van der Waals surface area contributed by atoms with Gasteiger partial charge < -0.3 is 14.5 Å². The van der Waals surface area contributed by atoms with Crippen LogP contribution < -0.4 is 0 Å². The molecule has 0 amide bonds. The first kappa shape index (κ1) is 10.4. The molecule has 0 aliphatic carbocycles. The first-order valence-corrected chi connectivity index (χ1v) is 6.03. The molecule has 1 fully saturated rings. The summed E-state index contributed by atoms with van der Waals surface area (Å²) in [6.07, 6.45) is 1.94. The second kappa shape index (κ2) is 4.24. The summed E-state index contributed by atoms with van der Waals surface area (Å²) in [6.45, 7) is 2.95. The van der Waals surface area contributed by atoms with Crippen molar-refractivity contribution in [3.8, 4) is 0 Å². The molecule has 2 aliphatic rings. The lowest BCUT2D eigenvalue weighted by Crippen LogP contribution is -2.16. The van der Waals surface area contributed by atoms with Crippen molar-refractivity contribution < 1.29 is 9.47 Å². The van der Waals surface area contributed by atoms with E-state index in [2.05, 4.69) is 9.97 Å². The fraction of sp³-hybridized carbons (Fsp3) is 0.636. The maximum atomic E-state index is 5.39. The summed E-state index contributed by atoms with van der Waals surface area (Å²) in [5, 5.41) is 0. The van der Waals surface area contributed by atoms with E-state index in [1.165, 1.54) is 5.69 Å². The third-order valence-electron chi connectivity index (χ3n) is 3.18. The van der Waals surface area contributed by atoms with E-state index < -0.39 is 0 Å². The molecule has 3 heterocycles. The van der Waals surface area contributed by atoms with Crippen molar-refractivity contribution in [1.29, 1.82) is 0 Å². The monoisotopic (exact) mass is 238 g/mol. The number of nitrogens with zero attached hydrogens (tertiary/aromatic N) is 1. The van der Waals surface area contributed by atoms with Crippen molar-refractivity contribution in [2.45, 2.75) is 25.4 Å². The SMILES string of the molecule is S=c1nc(C2CCOC2)[nH]c2c1COCC2. The van der Waals surface area contributed by atoms with Gasteiger partial charge in [0, 0.05) is 30.2 Å². The maximum Gasteiger partial charge on any atom is 0.135 e. The fourth-order valence-electron chi connectivity index (χ4n) is 2.22. The first-order chi connectivity index (χ1) is 7.84. The summed E-state index contributed by atoms with van der Waals surface area (Å²) >= 11 is 5.31. The lowest BCUT2D eigenvalue weighted by molar-refractivity contribution is 0.108. The highest BCUT2D eigenvalue weighted by Gasteiger charge is 2.22. The molecule has 0 radical (unpaired) electrons. The summed E-state index contributed by atoms with van der Waals surface area (Å²) in [4.78, 5) is 7.88. The van der Waals surface area contributed by atoms with E-state index in [1.807, 2.05) is 0 Å². The van der Waals surface area contributed by atoms with Gasteiger partial charge >= 0.3 is 0 Å². The Kier molecular flexibility index (Phi) is 2.75. The van der Waals surface area contributed by atoms with Crippen LogP contribution in [0.4, 0.5) is 0 Å². The van der Waals surface area contributed by atoms with E-state index in [1.54, 1.807) is 0 Å². The zero-order chi connectivity index (χ0) is 11.0. The van der Waals surface area contributed by atoms with E-state index in [9.17, 15) is 0 Å². The normalized spacial score (nSPS) is 24.4. The van der Waals surface area contributed by atoms with E-state index in [0.717, 1.165) is 44.1 Å². The molecule has 0 saturated carbocycles. The van der Waals surface area contributed by atoms with Gasteiger partial charge in [0.05, 0.1) is 19.8 Å². The van der Waals surface area contributed by atoms with Crippen LogP contribution in [-0.2, 0) is 22.5 Å². The van der Waals surface area contributed by atoms with Gasteiger partial charge in [-0.25, -0.2) is 4.98 Å². The number of aromatic amines is 1. The minimum atomic E-state index is 0.384. The van der Waals surface area contributed by atoms with Gasteiger partial charge in [-0.05, 0) is 6.42 Å². The quantitative estimate of drug-likeness (QED) is 0.757. The molecular weight excluding hydrogens is 224 g/mol. The van der Waals surface area contributed by atoms with Crippen molar-refractivity contribution >= 4 is 12.2 Å². The van der Waals surface area contributed by atoms with Gasteiger partial charge in [0.1, 0.15) is 10.5 Å². The zero-order valence-corrected chi connectivity index (χ0v) is 9.81. The highest BCUT2D eigenvalue weighted by Crippen LogP contribution is 2.24. The number of fused-ring (bicyclic) bond motifs is 1. The van der Waals surface area contributed by atoms with Crippen molar-refractivity contribution in [2.75, 3.05) is 19.8 Å². The van der Waals surface area contributed by atoms with Crippen LogP contribution in [0.3, 0.4) is 0 Å². The molecule has 0 spiro atoms. The van der Waals surface area contributed by atoms with Crippen LogP contribution in [0.1, 0.15) is 29.4 Å². The van der Waals surface area contributed by atoms with Crippen molar-refractivity contribution in [3.63, 3.8) is 0 Å². The minimum absolute atomic E-state index is 0.384. The Labute approximate surface area is 99.0 Å². The maximum absolute atomic E-state index is 5.39. The van der Waals surface area contributed by atoms with Crippen molar-refractivity contribution in [2.24, 2.45) is 0 Å². The second-order valence-corrected chi connectivity index (χ2v) is 4.63. The zero-order valence-electron chi connectivity index (χ0n) is 8.99. The molecule has 1 atom stereocenters. The predicted octanol–water partition coefficient (Wildman–Crippen LogP) is 1.72. The Morgan fingerprint density at radius 3 is 3.06 bits per heavy atom. The van der Waals surface area contributed by atoms with E-state index >= 15 is 0 Å². The van der Waals surface area contributed by atoms with Crippen LogP contribution in [0, 0.1) is 4.64 Å². The molecule has 1 saturated heterocycles. The second-order valence-electron chi connectivity index (χ2n) is 4.25. The molecule has 1 N–H and O–H groups in total. The molecule has 16 heavy (non-hydrogen) atoms. The van der Waals surface area contributed by atoms with Crippen LogP contribution in [0.5, 0.6) is 0 Å². The number of nitrogens with one attached hydrogen (secondary N) is 1. The topological polar surface area (TPSA) is 47.1 Å². The highest BCUT2D eigenvalue weighted by molar-refractivity contribution is 7.71. The fourth-order valence-corrected chi connectivity index (χ4v) is 2.50. The molecule has 1 unspecified atom stereocenters. The van der Waals surface area contributed by atoms with Crippen LogP contribution in [-0.4, -0.2) is 29.8 Å². The van der Waals surface area contributed by atoms with E-state index in [4.69, 9.17) is 21.7 Å². The van der Waals surface area contributed by atoms with Gasteiger partial charge in [0.15, 0.2) is 0 Å². The van der Waals surface area contributed by atoms with Crippen LogP contribution >= 0.6 is 12.2 Å². The molecule has 86 valence electrons. The highest BCUT2D eigenvalue weighted by atomic mass is 32.1. The Bertz CT molecular complexity index is 452. The Morgan fingerprint density at radius 2 is 2.25 bits per heavy atom. The number of hydrogen-bond donors (Lipinski definition) is 1. The Hall–Kier alpha value is -0.780. The van der Waals surface area contributed by atoms with Gasteiger partial charge in [-0.2, -0.15) is 0 Å². The average molecular weight is 238 g/mol. The number of H-pyrrole nitrogens is 1. The van der Waals surface area contributed by atoms with Gasteiger partial charge in [-0.15, -0.1) is 0 Å². The molecule has 5 heteroatoms. The Morgan fingerprint density at radius 1 is 1.31 bits per heavy atom. The average Bonchev–Trinajstić information content (AvgIpc) is 2.82. The number of rotatable bonds is 1.